The highest BCUT2D eigenvalue weighted by molar-refractivity contribution is 7.85. The Bertz CT molecular complexity index is 349. The van der Waals surface area contributed by atoms with Crippen LogP contribution in [0.25, 0.3) is 0 Å². The van der Waals surface area contributed by atoms with Gasteiger partial charge in [-0.25, -0.2) is 0 Å². The third-order valence-electron chi connectivity index (χ3n) is 1.89. The summed E-state index contributed by atoms with van der Waals surface area (Å²) in [6, 6.07) is 0. The molecule has 0 fully saturated rings. The standard InChI is InChI=1S/C10H16O5S/c1-2-5-10(8-16(12,13)14)6-3-4-7-15-9-11/h9-10H,3-4,6-8H2,1H3,(H,12,13,14). The Balaban J connectivity index is 3.94. The molecular weight excluding hydrogens is 232 g/mol. The summed E-state index contributed by atoms with van der Waals surface area (Å²) in [5.41, 5.74) is 0. The van der Waals surface area contributed by atoms with Crippen LogP contribution in [0, 0.1) is 17.8 Å². The normalized spacial score (nSPS) is 12.4. The predicted octanol–water partition coefficient (Wildman–Crippen LogP) is 0.857. The van der Waals surface area contributed by atoms with E-state index in [1.807, 2.05) is 0 Å². The first-order valence-corrected chi connectivity index (χ1v) is 6.53. The molecule has 1 atom stereocenters. The molecule has 0 saturated carbocycles. The summed E-state index contributed by atoms with van der Waals surface area (Å²) in [5, 5.41) is 0. The van der Waals surface area contributed by atoms with Crippen LogP contribution in [0.2, 0.25) is 0 Å². The highest BCUT2D eigenvalue weighted by atomic mass is 32.2. The van der Waals surface area contributed by atoms with Gasteiger partial charge in [0.1, 0.15) is 0 Å². The molecule has 0 amide bonds. The Kier molecular flexibility index (Phi) is 7.60. The molecule has 0 saturated heterocycles. The summed E-state index contributed by atoms with van der Waals surface area (Å²) in [6.45, 7) is 2.32. The molecule has 0 heterocycles. The van der Waals surface area contributed by atoms with E-state index in [9.17, 15) is 13.2 Å². The summed E-state index contributed by atoms with van der Waals surface area (Å²) in [6.07, 6.45) is 1.91. The van der Waals surface area contributed by atoms with E-state index in [0.29, 0.717) is 32.3 Å². The number of carbonyl (C=O) groups excluding carboxylic acids is 1. The van der Waals surface area contributed by atoms with Gasteiger partial charge in [-0.3, -0.25) is 9.35 Å². The van der Waals surface area contributed by atoms with Crippen molar-refractivity contribution in [3.63, 3.8) is 0 Å². The quantitative estimate of drug-likeness (QED) is 0.298. The van der Waals surface area contributed by atoms with E-state index in [4.69, 9.17) is 4.55 Å². The third-order valence-corrected chi connectivity index (χ3v) is 2.72. The maximum absolute atomic E-state index is 10.7. The minimum atomic E-state index is -3.98. The fourth-order valence-electron chi connectivity index (χ4n) is 1.28. The molecule has 0 radical (unpaired) electrons. The molecule has 0 aliphatic heterocycles. The molecule has 5 nitrogen and oxygen atoms in total. The van der Waals surface area contributed by atoms with Crippen LogP contribution in [0.4, 0.5) is 0 Å². The van der Waals surface area contributed by atoms with Crippen molar-refractivity contribution in [3.05, 3.63) is 0 Å². The highest BCUT2D eigenvalue weighted by Crippen LogP contribution is 2.10. The monoisotopic (exact) mass is 248 g/mol. The predicted molar refractivity (Wildman–Crippen MR) is 59.2 cm³/mol. The molecule has 0 aliphatic carbocycles. The van der Waals surface area contributed by atoms with Crippen LogP contribution >= 0.6 is 0 Å². The Labute approximate surface area is 95.9 Å². The summed E-state index contributed by atoms with van der Waals surface area (Å²) >= 11 is 0. The number of unbranched alkanes of at least 4 members (excludes halogenated alkanes) is 1. The summed E-state index contributed by atoms with van der Waals surface area (Å²) in [4.78, 5) is 9.84. The van der Waals surface area contributed by atoms with E-state index in [-0.39, 0.29) is 11.7 Å². The van der Waals surface area contributed by atoms with Gasteiger partial charge in [0.15, 0.2) is 0 Å². The lowest BCUT2D eigenvalue weighted by Crippen LogP contribution is -2.14. The van der Waals surface area contributed by atoms with Crippen LogP contribution in [-0.4, -0.2) is 31.8 Å². The van der Waals surface area contributed by atoms with Gasteiger partial charge in [-0.2, -0.15) is 8.42 Å². The number of carbonyl (C=O) groups is 1. The molecule has 0 bridgehead atoms. The molecule has 0 aromatic rings. The first kappa shape index (κ1) is 14.9. The van der Waals surface area contributed by atoms with E-state index in [0.717, 1.165) is 0 Å². The second-order valence-corrected chi connectivity index (χ2v) is 4.80. The fraction of sp³-hybridized carbons (Fsp3) is 0.700. The third kappa shape index (κ3) is 9.49. The Hall–Kier alpha value is -1.06. The van der Waals surface area contributed by atoms with Gasteiger partial charge in [-0.1, -0.05) is 5.92 Å². The van der Waals surface area contributed by atoms with E-state index in [2.05, 4.69) is 16.6 Å². The van der Waals surface area contributed by atoms with Gasteiger partial charge in [-0.15, -0.1) is 5.92 Å². The van der Waals surface area contributed by atoms with E-state index in [1.165, 1.54) is 0 Å². The fourth-order valence-corrected chi connectivity index (χ4v) is 2.04. The second-order valence-electron chi connectivity index (χ2n) is 3.30. The van der Waals surface area contributed by atoms with Crippen molar-refractivity contribution in [2.75, 3.05) is 12.4 Å². The summed E-state index contributed by atoms with van der Waals surface area (Å²) in [7, 11) is -3.98. The van der Waals surface area contributed by atoms with Crippen molar-refractivity contribution in [3.8, 4) is 11.8 Å². The zero-order valence-corrected chi connectivity index (χ0v) is 10.00. The number of hydrogen-bond acceptors (Lipinski definition) is 4. The molecule has 1 N–H and O–H groups in total. The van der Waals surface area contributed by atoms with Crippen LogP contribution in [0.15, 0.2) is 0 Å². The first-order chi connectivity index (χ1) is 7.49. The van der Waals surface area contributed by atoms with Crippen molar-refractivity contribution < 1.29 is 22.5 Å². The minimum Gasteiger partial charge on any atom is -0.468 e. The van der Waals surface area contributed by atoms with Crippen LogP contribution in [0.1, 0.15) is 26.2 Å². The Morgan fingerprint density at radius 1 is 1.44 bits per heavy atom. The average Bonchev–Trinajstić information content (AvgIpc) is 2.15. The lowest BCUT2D eigenvalue weighted by Gasteiger charge is -2.07. The summed E-state index contributed by atoms with van der Waals surface area (Å²) in [5.74, 6) is 4.65. The van der Waals surface area contributed by atoms with Crippen LogP contribution in [-0.2, 0) is 19.6 Å². The molecule has 16 heavy (non-hydrogen) atoms. The molecule has 0 aromatic heterocycles. The molecule has 1 unspecified atom stereocenters. The topological polar surface area (TPSA) is 80.7 Å². The van der Waals surface area contributed by atoms with Gasteiger partial charge < -0.3 is 4.74 Å². The number of ether oxygens (including phenoxy) is 1. The summed E-state index contributed by atoms with van der Waals surface area (Å²) < 4.78 is 34.5. The Morgan fingerprint density at radius 3 is 2.62 bits per heavy atom. The molecule has 0 aliphatic rings. The number of hydrogen-bond donors (Lipinski definition) is 1. The number of rotatable bonds is 8. The molecular formula is C10H16O5S. The average molecular weight is 248 g/mol. The van der Waals surface area contributed by atoms with Gasteiger partial charge in [0.25, 0.3) is 16.6 Å². The van der Waals surface area contributed by atoms with E-state index < -0.39 is 10.1 Å². The molecule has 0 rings (SSSR count). The lowest BCUT2D eigenvalue weighted by atomic mass is 10.1. The van der Waals surface area contributed by atoms with E-state index >= 15 is 0 Å². The van der Waals surface area contributed by atoms with Crippen molar-refractivity contribution in [2.24, 2.45) is 5.92 Å². The highest BCUT2D eigenvalue weighted by Gasteiger charge is 2.14. The largest absolute Gasteiger partial charge is 0.468 e. The zero-order valence-electron chi connectivity index (χ0n) is 9.18. The van der Waals surface area contributed by atoms with Gasteiger partial charge in [0.2, 0.25) is 0 Å². The molecule has 6 heteroatoms. The van der Waals surface area contributed by atoms with E-state index in [1.54, 1.807) is 6.92 Å². The van der Waals surface area contributed by atoms with Crippen LogP contribution in [0.3, 0.4) is 0 Å². The smallest absolute Gasteiger partial charge is 0.293 e. The Morgan fingerprint density at radius 2 is 2.12 bits per heavy atom. The van der Waals surface area contributed by atoms with Crippen molar-refractivity contribution >= 4 is 16.6 Å². The maximum atomic E-state index is 10.7. The van der Waals surface area contributed by atoms with Crippen molar-refractivity contribution in [1.29, 1.82) is 0 Å². The zero-order chi connectivity index (χ0) is 12.4. The first-order valence-electron chi connectivity index (χ1n) is 4.92. The van der Waals surface area contributed by atoms with Gasteiger partial charge in [0.05, 0.1) is 12.4 Å². The minimum absolute atomic E-state index is 0.321. The van der Waals surface area contributed by atoms with Crippen molar-refractivity contribution in [2.45, 2.75) is 26.2 Å². The van der Waals surface area contributed by atoms with Gasteiger partial charge in [-0.05, 0) is 26.2 Å². The lowest BCUT2D eigenvalue weighted by molar-refractivity contribution is -0.128. The maximum Gasteiger partial charge on any atom is 0.293 e. The van der Waals surface area contributed by atoms with Crippen LogP contribution < -0.4 is 0 Å². The van der Waals surface area contributed by atoms with Crippen molar-refractivity contribution in [1.82, 2.24) is 0 Å². The van der Waals surface area contributed by atoms with Gasteiger partial charge in [0, 0.05) is 5.92 Å². The molecule has 92 valence electrons. The van der Waals surface area contributed by atoms with Gasteiger partial charge >= 0.3 is 0 Å². The SMILES string of the molecule is CC#CC(CCCCOC=O)CS(=O)(=O)O. The second kappa shape index (κ2) is 8.13. The molecule has 0 spiro atoms. The van der Waals surface area contributed by atoms with Crippen LogP contribution in [0.5, 0.6) is 0 Å². The molecule has 0 aromatic carbocycles.